The Morgan fingerprint density at radius 3 is 3.07 bits per heavy atom. The van der Waals surface area contributed by atoms with Crippen LogP contribution in [0.4, 0.5) is 0 Å². The molecule has 0 fully saturated rings. The average molecular weight is 316 g/mol. The Labute approximate surface area is 100 Å². The number of carboxylic acids is 1. The first-order chi connectivity index (χ1) is 7.16. The normalized spacial score (nSPS) is 10.7. The summed E-state index contributed by atoms with van der Waals surface area (Å²) in [6.07, 6.45) is 1.86. The van der Waals surface area contributed by atoms with Crippen molar-refractivity contribution < 1.29 is 9.90 Å². The lowest BCUT2D eigenvalue weighted by Crippen LogP contribution is -2.05. The predicted molar refractivity (Wildman–Crippen MR) is 64.7 cm³/mol. The Kier molecular flexibility index (Phi) is 2.90. The van der Waals surface area contributed by atoms with Crippen LogP contribution in [0.1, 0.15) is 6.42 Å². The molecule has 0 aliphatic rings. The topological polar surface area (TPSA) is 55.1 Å². The molecule has 5 heteroatoms. The molecule has 2 aromatic rings. The van der Waals surface area contributed by atoms with Crippen LogP contribution < -0.4 is 0 Å². The van der Waals surface area contributed by atoms with Gasteiger partial charge in [-0.15, -0.1) is 0 Å². The molecule has 0 unspecified atom stereocenters. The Balaban J connectivity index is 2.35. The van der Waals surface area contributed by atoms with E-state index in [0.717, 1.165) is 14.5 Å². The van der Waals surface area contributed by atoms with Crippen LogP contribution in [0.25, 0.3) is 10.9 Å². The second-order valence-electron chi connectivity index (χ2n) is 3.21. The van der Waals surface area contributed by atoms with Crippen LogP contribution in [0, 0.1) is 3.57 Å². The minimum atomic E-state index is -0.802. The zero-order valence-corrected chi connectivity index (χ0v) is 10.0. The Morgan fingerprint density at radius 2 is 2.33 bits per heavy atom. The fourth-order valence-corrected chi connectivity index (χ4v) is 1.90. The molecule has 1 heterocycles. The van der Waals surface area contributed by atoms with Crippen molar-refractivity contribution in [1.29, 1.82) is 0 Å². The summed E-state index contributed by atoms with van der Waals surface area (Å²) in [5.41, 5.74) is 0.989. The summed E-state index contributed by atoms with van der Waals surface area (Å²) in [7, 11) is 0. The number of carbonyl (C=O) groups is 1. The zero-order chi connectivity index (χ0) is 10.8. The van der Waals surface area contributed by atoms with Crippen LogP contribution in [-0.2, 0) is 11.3 Å². The van der Waals surface area contributed by atoms with Crippen molar-refractivity contribution in [3.63, 3.8) is 0 Å². The number of hydrogen-bond donors (Lipinski definition) is 1. The first-order valence-electron chi connectivity index (χ1n) is 4.50. The Hall–Kier alpha value is -1.11. The van der Waals surface area contributed by atoms with Crippen LogP contribution in [0.3, 0.4) is 0 Å². The van der Waals surface area contributed by atoms with Gasteiger partial charge < -0.3 is 5.11 Å². The van der Waals surface area contributed by atoms with E-state index in [2.05, 4.69) is 27.7 Å². The van der Waals surface area contributed by atoms with E-state index in [9.17, 15) is 4.79 Å². The van der Waals surface area contributed by atoms with Crippen molar-refractivity contribution in [1.82, 2.24) is 9.78 Å². The van der Waals surface area contributed by atoms with E-state index < -0.39 is 5.97 Å². The van der Waals surface area contributed by atoms with Gasteiger partial charge in [-0.25, -0.2) is 0 Å². The largest absolute Gasteiger partial charge is 0.481 e. The fraction of sp³-hybridized carbons (Fsp3) is 0.200. The molecule has 0 bridgehead atoms. The van der Waals surface area contributed by atoms with E-state index in [4.69, 9.17) is 5.11 Å². The van der Waals surface area contributed by atoms with E-state index in [1.807, 2.05) is 18.2 Å². The predicted octanol–water partition coefficient (Wildman–Crippen LogP) is 2.12. The van der Waals surface area contributed by atoms with E-state index >= 15 is 0 Å². The maximum Gasteiger partial charge on any atom is 0.305 e. The highest BCUT2D eigenvalue weighted by atomic mass is 127. The second-order valence-corrected chi connectivity index (χ2v) is 4.46. The van der Waals surface area contributed by atoms with E-state index in [0.29, 0.717) is 6.54 Å². The number of halogens is 1. The Bertz CT molecular complexity index is 507. The summed E-state index contributed by atoms with van der Waals surface area (Å²) in [6.45, 7) is 0.416. The Morgan fingerprint density at radius 1 is 1.53 bits per heavy atom. The number of hydrogen-bond acceptors (Lipinski definition) is 2. The molecule has 0 saturated heterocycles. The van der Waals surface area contributed by atoms with Crippen molar-refractivity contribution in [2.75, 3.05) is 0 Å². The van der Waals surface area contributed by atoms with E-state index in [-0.39, 0.29) is 6.42 Å². The molecule has 15 heavy (non-hydrogen) atoms. The number of rotatable bonds is 3. The SMILES string of the molecule is O=C(O)CCn1ncc2ccc(I)cc21. The number of benzene rings is 1. The molecule has 0 spiro atoms. The lowest BCUT2D eigenvalue weighted by Gasteiger charge is -2.00. The van der Waals surface area contributed by atoms with E-state index in [1.54, 1.807) is 10.9 Å². The highest BCUT2D eigenvalue weighted by molar-refractivity contribution is 14.1. The summed E-state index contributed by atoms with van der Waals surface area (Å²) in [6, 6.07) is 6.00. The van der Waals surface area contributed by atoms with Gasteiger partial charge in [-0.1, -0.05) is 6.07 Å². The smallest absolute Gasteiger partial charge is 0.305 e. The van der Waals surface area contributed by atoms with Crippen LogP contribution >= 0.6 is 22.6 Å². The van der Waals surface area contributed by atoms with Gasteiger partial charge in [0.15, 0.2) is 0 Å². The number of carboxylic acid groups (broad SMARTS) is 1. The molecule has 1 aromatic carbocycles. The average Bonchev–Trinajstić information content (AvgIpc) is 2.57. The van der Waals surface area contributed by atoms with Crippen LogP contribution in [0.5, 0.6) is 0 Å². The van der Waals surface area contributed by atoms with Crippen molar-refractivity contribution in [3.05, 3.63) is 28.0 Å². The van der Waals surface area contributed by atoms with Gasteiger partial charge in [0.25, 0.3) is 0 Å². The quantitative estimate of drug-likeness (QED) is 0.883. The van der Waals surface area contributed by atoms with Crippen LogP contribution in [-0.4, -0.2) is 20.9 Å². The summed E-state index contributed by atoms with van der Waals surface area (Å²) < 4.78 is 2.85. The lowest BCUT2D eigenvalue weighted by atomic mass is 10.2. The van der Waals surface area contributed by atoms with Gasteiger partial charge in [-0.05, 0) is 34.7 Å². The van der Waals surface area contributed by atoms with Crippen LogP contribution in [0.2, 0.25) is 0 Å². The van der Waals surface area contributed by atoms with Gasteiger partial charge in [-0.2, -0.15) is 5.10 Å². The highest BCUT2D eigenvalue weighted by Gasteiger charge is 2.04. The lowest BCUT2D eigenvalue weighted by molar-refractivity contribution is -0.137. The molecule has 2 rings (SSSR count). The van der Waals surface area contributed by atoms with Gasteiger partial charge in [0.2, 0.25) is 0 Å². The van der Waals surface area contributed by atoms with Gasteiger partial charge in [0.05, 0.1) is 24.7 Å². The van der Waals surface area contributed by atoms with Gasteiger partial charge >= 0.3 is 5.97 Å². The summed E-state index contributed by atoms with van der Waals surface area (Å²) >= 11 is 2.23. The third-order valence-corrected chi connectivity index (χ3v) is 2.82. The van der Waals surface area contributed by atoms with Crippen molar-refractivity contribution in [3.8, 4) is 0 Å². The molecular formula is C10H9IN2O2. The number of fused-ring (bicyclic) bond motifs is 1. The minimum absolute atomic E-state index is 0.0995. The fourth-order valence-electron chi connectivity index (χ4n) is 1.42. The third-order valence-electron chi connectivity index (χ3n) is 2.14. The first kappa shape index (κ1) is 10.4. The third kappa shape index (κ3) is 2.28. The monoisotopic (exact) mass is 316 g/mol. The first-order valence-corrected chi connectivity index (χ1v) is 5.57. The van der Waals surface area contributed by atoms with Gasteiger partial charge in [0.1, 0.15) is 0 Å². The highest BCUT2D eigenvalue weighted by Crippen LogP contribution is 2.17. The number of aromatic nitrogens is 2. The molecule has 4 nitrogen and oxygen atoms in total. The minimum Gasteiger partial charge on any atom is -0.481 e. The standard InChI is InChI=1S/C10H9IN2O2/c11-8-2-1-7-6-12-13(9(7)5-8)4-3-10(14)15/h1-2,5-6H,3-4H2,(H,14,15). The number of nitrogens with zero attached hydrogens (tertiary/aromatic N) is 2. The second kappa shape index (κ2) is 4.18. The maximum absolute atomic E-state index is 10.5. The van der Waals surface area contributed by atoms with Crippen molar-refractivity contribution >= 4 is 39.5 Å². The maximum atomic E-state index is 10.5. The van der Waals surface area contributed by atoms with Crippen LogP contribution in [0.15, 0.2) is 24.4 Å². The molecule has 0 saturated carbocycles. The molecule has 1 aromatic heterocycles. The number of aryl methyl sites for hydroxylation is 1. The number of aliphatic carboxylic acids is 1. The van der Waals surface area contributed by atoms with E-state index in [1.165, 1.54) is 0 Å². The molecule has 0 aliphatic carbocycles. The summed E-state index contributed by atoms with van der Waals surface area (Å²) in [5, 5.41) is 13.8. The zero-order valence-electron chi connectivity index (χ0n) is 7.85. The molecular weight excluding hydrogens is 307 g/mol. The molecule has 78 valence electrons. The molecule has 0 atom stereocenters. The van der Waals surface area contributed by atoms with Gasteiger partial charge in [0, 0.05) is 8.96 Å². The van der Waals surface area contributed by atoms with Gasteiger partial charge in [-0.3, -0.25) is 9.48 Å². The molecule has 0 radical (unpaired) electrons. The van der Waals surface area contributed by atoms with Crippen molar-refractivity contribution in [2.24, 2.45) is 0 Å². The summed E-state index contributed by atoms with van der Waals surface area (Å²) in [5.74, 6) is -0.802. The summed E-state index contributed by atoms with van der Waals surface area (Å²) in [4.78, 5) is 10.5. The molecule has 0 aliphatic heterocycles. The van der Waals surface area contributed by atoms with Crippen molar-refractivity contribution in [2.45, 2.75) is 13.0 Å². The molecule has 1 N–H and O–H groups in total. The molecule has 0 amide bonds.